The van der Waals surface area contributed by atoms with Crippen LogP contribution in [0.5, 0.6) is 0 Å². The molecule has 0 aromatic heterocycles. The number of imide groups is 1. The van der Waals surface area contributed by atoms with Crippen molar-refractivity contribution in [2.24, 2.45) is 0 Å². The van der Waals surface area contributed by atoms with Crippen molar-refractivity contribution in [3.8, 4) is 0 Å². The Morgan fingerprint density at radius 2 is 1.48 bits per heavy atom. The van der Waals surface area contributed by atoms with E-state index in [1.54, 1.807) is 0 Å². The van der Waals surface area contributed by atoms with Crippen LogP contribution in [-0.4, -0.2) is 113 Å². The van der Waals surface area contributed by atoms with Crippen molar-refractivity contribution in [1.82, 2.24) is 9.80 Å². The first-order chi connectivity index (χ1) is 12.0. The van der Waals surface area contributed by atoms with Gasteiger partial charge in [0, 0.05) is 0 Å². The molecule has 1 saturated heterocycles. The third kappa shape index (κ3) is 5.97. The molecule has 3 amide bonds. The average Bonchev–Trinajstić information content (AvgIpc) is 2.81. The number of aliphatic hydroxyl groups excluding tert-OH is 4. The molecule has 12 heteroatoms. The molecule has 1 fully saturated rings. The smallest absolute Gasteiger partial charge is 0.333 e. The predicted octanol–water partition coefficient (Wildman–Crippen LogP) is -3.55. The predicted molar refractivity (Wildman–Crippen MR) is 77.7 cm³/mol. The standard InChI is InChI=1S/C13H22N2O10/c16-1-2-23-3-4-24-5-6-25-7-9(18)10(19)15-12(21)11(20)14(8-17)13(15)22/h11-12,16-17,20-21H,1-8H2. The van der Waals surface area contributed by atoms with Gasteiger partial charge in [-0.25, -0.2) is 9.69 Å². The van der Waals surface area contributed by atoms with Gasteiger partial charge in [0.1, 0.15) is 13.3 Å². The molecular weight excluding hydrogens is 344 g/mol. The first-order valence-corrected chi connectivity index (χ1v) is 7.43. The summed E-state index contributed by atoms with van der Waals surface area (Å²) in [5, 5.41) is 36.5. The lowest BCUT2D eigenvalue weighted by molar-refractivity contribution is -0.152. The number of Topliss-reactive ketones (excluding diaryl/α,β-unsaturated/α-hetero) is 1. The molecule has 0 aliphatic carbocycles. The van der Waals surface area contributed by atoms with Gasteiger partial charge < -0.3 is 34.6 Å². The largest absolute Gasteiger partial charge is 0.394 e. The molecule has 0 spiro atoms. The Morgan fingerprint density at radius 3 is 2.00 bits per heavy atom. The number of rotatable bonds is 12. The van der Waals surface area contributed by atoms with Gasteiger partial charge in [0.2, 0.25) is 5.78 Å². The highest BCUT2D eigenvalue weighted by Crippen LogP contribution is 2.19. The van der Waals surface area contributed by atoms with Crippen molar-refractivity contribution in [2.75, 3.05) is 53.0 Å². The quantitative estimate of drug-likeness (QED) is 0.200. The van der Waals surface area contributed by atoms with Crippen molar-refractivity contribution < 1.29 is 49.0 Å². The molecule has 1 aliphatic heterocycles. The number of urea groups is 1. The molecule has 1 rings (SSSR count). The topological polar surface area (TPSA) is 166 Å². The summed E-state index contributed by atoms with van der Waals surface area (Å²) in [6, 6.07) is -1.19. The van der Waals surface area contributed by atoms with Crippen molar-refractivity contribution in [3.05, 3.63) is 0 Å². The maximum Gasteiger partial charge on any atom is 0.333 e. The van der Waals surface area contributed by atoms with Gasteiger partial charge in [-0.2, -0.15) is 0 Å². The second-order valence-corrected chi connectivity index (χ2v) is 4.82. The SMILES string of the molecule is O=C(COCCOCCOCCO)C(=O)N1C(=O)N(CO)C(O)C1O. The Morgan fingerprint density at radius 1 is 0.920 bits per heavy atom. The summed E-state index contributed by atoms with van der Waals surface area (Å²) in [6.45, 7) is -0.760. The van der Waals surface area contributed by atoms with E-state index < -0.39 is 43.5 Å². The first kappa shape index (κ1) is 21.4. The number of amides is 3. The monoisotopic (exact) mass is 366 g/mol. The Balaban J connectivity index is 2.26. The molecule has 1 aliphatic rings. The maximum absolute atomic E-state index is 11.9. The fraction of sp³-hybridized carbons (Fsp3) is 0.769. The zero-order valence-electron chi connectivity index (χ0n) is 13.4. The van der Waals surface area contributed by atoms with Crippen molar-refractivity contribution in [2.45, 2.75) is 12.5 Å². The Labute approximate surface area is 143 Å². The van der Waals surface area contributed by atoms with E-state index in [1.807, 2.05) is 0 Å². The van der Waals surface area contributed by atoms with Gasteiger partial charge in [0.15, 0.2) is 12.5 Å². The van der Waals surface area contributed by atoms with E-state index in [0.717, 1.165) is 0 Å². The van der Waals surface area contributed by atoms with Gasteiger partial charge >= 0.3 is 11.9 Å². The Kier molecular flexibility index (Phi) is 9.44. The number of hydrogen-bond donors (Lipinski definition) is 4. The summed E-state index contributed by atoms with van der Waals surface area (Å²) in [5.74, 6) is -2.46. The molecule has 2 atom stereocenters. The van der Waals surface area contributed by atoms with Crippen LogP contribution >= 0.6 is 0 Å². The second-order valence-electron chi connectivity index (χ2n) is 4.82. The van der Waals surface area contributed by atoms with Gasteiger partial charge in [-0.1, -0.05) is 0 Å². The summed E-state index contributed by atoms with van der Waals surface area (Å²) >= 11 is 0. The van der Waals surface area contributed by atoms with Crippen LogP contribution < -0.4 is 0 Å². The zero-order chi connectivity index (χ0) is 18.8. The lowest BCUT2D eigenvalue weighted by Gasteiger charge is -2.16. The molecule has 4 N–H and O–H groups in total. The van der Waals surface area contributed by atoms with Crippen LogP contribution in [0, 0.1) is 0 Å². The molecule has 25 heavy (non-hydrogen) atoms. The van der Waals surface area contributed by atoms with Crippen LogP contribution in [0.1, 0.15) is 0 Å². The fourth-order valence-electron chi connectivity index (χ4n) is 1.88. The molecule has 0 bridgehead atoms. The molecule has 1 heterocycles. The first-order valence-electron chi connectivity index (χ1n) is 7.43. The summed E-state index contributed by atoms with van der Waals surface area (Å²) in [5.41, 5.74) is 0. The number of nitrogens with zero attached hydrogens (tertiary/aromatic N) is 2. The summed E-state index contributed by atoms with van der Waals surface area (Å²) in [4.78, 5) is 35.9. The Hall–Kier alpha value is -1.67. The highest BCUT2D eigenvalue weighted by Gasteiger charge is 2.48. The van der Waals surface area contributed by atoms with Gasteiger partial charge in [-0.15, -0.1) is 0 Å². The van der Waals surface area contributed by atoms with Crippen LogP contribution in [0.4, 0.5) is 4.79 Å². The van der Waals surface area contributed by atoms with Gasteiger partial charge in [0.05, 0.1) is 39.6 Å². The molecule has 12 nitrogen and oxygen atoms in total. The second kappa shape index (κ2) is 11.0. The van der Waals surface area contributed by atoms with Crippen molar-refractivity contribution >= 4 is 17.7 Å². The lowest BCUT2D eigenvalue weighted by atomic mass is 10.3. The highest BCUT2D eigenvalue weighted by molar-refractivity contribution is 6.39. The van der Waals surface area contributed by atoms with Crippen LogP contribution in [0.2, 0.25) is 0 Å². The van der Waals surface area contributed by atoms with E-state index in [-0.39, 0.29) is 44.5 Å². The third-order valence-electron chi connectivity index (χ3n) is 3.12. The van der Waals surface area contributed by atoms with Crippen LogP contribution in [0.25, 0.3) is 0 Å². The van der Waals surface area contributed by atoms with Gasteiger partial charge in [-0.3, -0.25) is 14.5 Å². The average molecular weight is 366 g/mol. The molecule has 0 radical (unpaired) electrons. The van der Waals surface area contributed by atoms with Crippen LogP contribution in [0.3, 0.4) is 0 Å². The summed E-state index contributed by atoms with van der Waals surface area (Å²) in [7, 11) is 0. The molecular formula is C13H22N2O10. The van der Waals surface area contributed by atoms with Gasteiger partial charge in [-0.05, 0) is 0 Å². The number of ketones is 1. The molecule has 2 unspecified atom stereocenters. The number of aliphatic hydroxyl groups is 4. The summed E-state index contributed by atoms with van der Waals surface area (Å²) in [6.07, 6.45) is -3.78. The summed E-state index contributed by atoms with van der Waals surface area (Å²) < 4.78 is 15.0. The molecule has 144 valence electrons. The van der Waals surface area contributed by atoms with E-state index in [0.29, 0.717) is 4.90 Å². The van der Waals surface area contributed by atoms with E-state index >= 15 is 0 Å². The molecule has 0 aromatic rings. The minimum absolute atomic E-state index is 0.000903. The Bertz CT molecular complexity index is 460. The number of carbonyl (C=O) groups excluding carboxylic acids is 3. The van der Waals surface area contributed by atoms with Crippen molar-refractivity contribution in [1.29, 1.82) is 0 Å². The molecule has 0 saturated carbocycles. The van der Waals surface area contributed by atoms with Gasteiger partial charge in [0.25, 0.3) is 0 Å². The van der Waals surface area contributed by atoms with Crippen molar-refractivity contribution in [3.63, 3.8) is 0 Å². The number of hydrogen-bond acceptors (Lipinski definition) is 10. The van der Waals surface area contributed by atoms with E-state index in [1.165, 1.54) is 0 Å². The fourth-order valence-corrected chi connectivity index (χ4v) is 1.88. The van der Waals surface area contributed by atoms with E-state index in [9.17, 15) is 24.6 Å². The zero-order valence-corrected chi connectivity index (χ0v) is 13.4. The van der Waals surface area contributed by atoms with E-state index in [4.69, 9.17) is 24.4 Å². The van der Waals surface area contributed by atoms with E-state index in [2.05, 4.69) is 0 Å². The number of ether oxygens (including phenoxy) is 3. The van der Waals surface area contributed by atoms with Crippen LogP contribution in [0.15, 0.2) is 0 Å². The minimum Gasteiger partial charge on any atom is -0.394 e. The third-order valence-corrected chi connectivity index (χ3v) is 3.12. The lowest BCUT2D eigenvalue weighted by Crippen LogP contribution is -2.45. The maximum atomic E-state index is 11.9. The highest BCUT2D eigenvalue weighted by atomic mass is 16.5. The number of carbonyl (C=O) groups is 3. The minimum atomic E-state index is -1.96. The normalized spacial score (nSPS) is 20.4. The molecule has 0 aromatic carbocycles. The van der Waals surface area contributed by atoms with Crippen LogP contribution in [-0.2, 0) is 23.8 Å².